The standard InChI is InChI=1S/C55H56O10/c1-6-38(4)36-61-47-25-17-42(18-26-47)53(57)64-50-31-21-44(22-32-50)55(59)65-51-12-8-11-45(35-51)40-13-27-48(28-14-40)62-54(58)43-19-29-49(30-20-43)63-52(56)41-15-23-46(24-16-41)60-34-33-39(5)10-7-9-37(2)3/h8,11-32,35,37-39H,6-7,9-10,33-34,36H2,1-5H3/t38-,39?/m0/s1. The highest BCUT2D eigenvalue weighted by Crippen LogP contribution is 2.28. The zero-order valence-electron chi connectivity index (χ0n) is 37.6. The Hall–Kier alpha value is -7.20. The Morgan fingerprint density at radius 3 is 1.28 bits per heavy atom. The molecule has 1 unspecified atom stereocenters. The minimum atomic E-state index is -0.583. The number of benzene rings is 6. The van der Waals surface area contributed by atoms with Gasteiger partial charge in [-0.15, -0.1) is 0 Å². The first kappa shape index (κ1) is 47.3. The van der Waals surface area contributed by atoms with Gasteiger partial charge >= 0.3 is 23.9 Å². The molecule has 0 radical (unpaired) electrons. The number of carbonyl (C=O) groups is 4. The molecule has 0 aliphatic heterocycles. The van der Waals surface area contributed by atoms with Gasteiger partial charge in [-0.3, -0.25) is 0 Å². The van der Waals surface area contributed by atoms with Gasteiger partial charge in [-0.05, 0) is 157 Å². The van der Waals surface area contributed by atoms with Crippen LogP contribution in [0, 0.1) is 17.8 Å². The summed E-state index contributed by atoms with van der Waals surface area (Å²) in [5, 5.41) is 0. The minimum Gasteiger partial charge on any atom is -0.494 e. The molecule has 0 heterocycles. The molecule has 10 nitrogen and oxygen atoms in total. The zero-order chi connectivity index (χ0) is 46.1. The first-order valence-electron chi connectivity index (χ1n) is 22.2. The Morgan fingerprint density at radius 1 is 0.415 bits per heavy atom. The van der Waals surface area contributed by atoms with Gasteiger partial charge in [0.15, 0.2) is 0 Å². The van der Waals surface area contributed by atoms with Crippen LogP contribution in [-0.2, 0) is 0 Å². The molecule has 6 aromatic carbocycles. The molecule has 336 valence electrons. The van der Waals surface area contributed by atoms with E-state index in [0.29, 0.717) is 59.2 Å². The van der Waals surface area contributed by atoms with Gasteiger partial charge in [0.2, 0.25) is 0 Å². The van der Waals surface area contributed by atoms with Crippen LogP contribution in [0.15, 0.2) is 146 Å². The van der Waals surface area contributed by atoms with Gasteiger partial charge in [0.05, 0.1) is 35.5 Å². The van der Waals surface area contributed by atoms with Crippen LogP contribution < -0.4 is 28.4 Å². The van der Waals surface area contributed by atoms with Gasteiger partial charge < -0.3 is 28.4 Å². The van der Waals surface area contributed by atoms with Crippen molar-refractivity contribution in [2.24, 2.45) is 17.8 Å². The smallest absolute Gasteiger partial charge is 0.343 e. The Morgan fingerprint density at radius 2 is 0.831 bits per heavy atom. The summed E-state index contributed by atoms with van der Waals surface area (Å²) in [7, 11) is 0. The molecule has 65 heavy (non-hydrogen) atoms. The van der Waals surface area contributed by atoms with Gasteiger partial charge in [0.25, 0.3) is 0 Å². The third-order valence-corrected chi connectivity index (χ3v) is 10.8. The minimum absolute atomic E-state index is 0.273. The first-order chi connectivity index (χ1) is 31.4. The van der Waals surface area contributed by atoms with E-state index in [1.807, 2.05) is 6.07 Å². The fraction of sp³-hybridized carbons (Fsp3) is 0.273. The van der Waals surface area contributed by atoms with E-state index in [1.165, 1.54) is 67.8 Å². The van der Waals surface area contributed by atoms with Crippen LogP contribution >= 0.6 is 0 Å². The topological polar surface area (TPSA) is 124 Å². The molecule has 6 rings (SSSR count). The van der Waals surface area contributed by atoms with E-state index < -0.39 is 23.9 Å². The molecular formula is C55H56O10. The highest BCUT2D eigenvalue weighted by Gasteiger charge is 2.15. The molecule has 0 aliphatic carbocycles. The molecule has 10 heteroatoms. The van der Waals surface area contributed by atoms with Crippen molar-refractivity contribution in [3.05, 3.63) is 168 Å². The molecule has 0 saturated heterocycles. The number of hydrogen-bond acceptors (Lipinski definition) is 10. The van der Waals surface area contributed by atoms with Crippen LogP contribution in [0.25, 0.3) is 11.1 Å². The molecule has 0 spiro atoms. The SMILES string of the molecule is CC[C@H](C)COc1ccc(C(=O)Oc2ccc(C(=O)Oc3cccc(-c4ccc(OC(=O)c5ccc(OC(=O)c6ccc(OCCC(C)CCCC(C)C)cc6)cc5)cc4)c3)cc2)cc1. The van der Waals surface area contributed by atoms with Crippen LogP contribution in [0.3, 0.4) is 0 Å². The maximum Gasteiger partial charge on any atom is 0.343 e. The molecule has 0 fully saturated rings. The quantitative estimate of drug-likeness (QED) is 0.0510. The van der Waals surface area contributed by atoms with Crippen LogP contribution in [0.2, 0.25) is 0 Å². The molecule has 0 aliphatic rings. The van der Waals surface area contributed by atoms with Gasteiger partial charge in [0.1, 0.15) is 34.5 Å². The maximum atomic E-state index is 13.0. The first-order valence-corrected chi connectivity index (χ1v) is 22.2. The van der Waals surface area contributed by atoms with E-state index in [-0.39, 0.29) is 22.6 Å². The molecule has 2 atom stereocenters. The number of carbonyl (C=O) groups excluding carboxylic acids is 4. The maximum absolute atomic E-state index is 13.0. The van der Waals surface area contributed by atoms with E-state index >= 15 is 0 Å². The predicted molar refractivity (Wildman–Crippen MR) is 250 cm³/mol. The fourth-order valence-corrected chi connectivity index (χ4v) is 6.56. The summed E-state index contributed by atoms with van der Waals surface area (Å²) in [6.45, 7) is 12.2. The Kier molecular flexibility index (Phi) is 17.1. The summed E-state index contributed by atoms with van der Waals surface area (Å²) < 4.78 is 33.9. The lowest BCUT2D eigenvalue weighted by molar-refractivity contribution is 0.0720. The number of hydrogen-bond donors (Lipinski definition) is 0. The lowest BCUT2D eigenvalue weighted by atomic mass is 9.98. The second-order valence-corrected chi connectivity index (χ2v) is 16.6. The third kappa shape index (κ3) is 14.7. The Balaban J connectivity index is 0.940. The zero-order valence-corrected chi connectivity index (χ0v) is 37.6. The average Bonchev–Trinajstić information content (AvgIpc) is 3.31. The lowest BCUT2D eigenvalue weighted by Gasteiger charge is -2.13. The molecular weight excluding hydrogens is 821 g/mol. The average molecular weight is 877 g/mol. The summed E-state index contributed by atoms with van der Waals surface area (Å²) in [5.74, 6) is 2.15. The van der Waals surface area contributed by atoms with Crippen LogP contribution in [0.1, 0.15) is 108 Å². The van der Waals surface area contributed by atoms with E-state index in [0.717, 1.165) is 29.9 Å². The second-order valence-electron chi connectivity index (χ2n) is 16.6. The predicted octanol–water partition coefficient (Wildman–Crippen LogP) is 12.9. The normalized spacial score (nSPS) is 11.8. The largest absolute Gasteiger partial charge is 0.494 e. The van der Waals surface area contributed by atoms with Gasteiger partial charge in [-0.25, -0.2) is 19.2 Å². The fourth-order valence-electron chi connectivity index (χ4n) is 6.56. The molecule has 0 aromatic heterocycles. The van der Waals surface area contributed by atoms with E-state index in [2.05, 4.69) is 34.6 Å². The molecule has 0 amide bonds. The summed E-state index contributed by atoms with van der Waals surface area (Å²) in [6, 6.07) is 39.8. The molecule has 6 aromatic rings. The van der Waals surface area contributed by atoms with Crippen molar-refractivity contribution in [1.29, 1.82) is 0 Å². The van der Waals surface area contributed by atoms with Gasteiger partial charge in [-0.2, -0.15) is 0 Å². The van der Waals surface area contributed by atoms with Crippen molar-refractivity contribution in [3.63, 3.8) is 0 Å². The molecule has 0 bridgehead atoms. The van der Waals surface area contributed by atoms with Crippen LogP contribution in [0.4, 0.5) is 0 Å². The van der Waals surface area contributed by atoms with Crippen molar-refractivity contribution in [1.82, 2.24) is 0 Å². The third-order valence-electron chi connectivity index (χ3n) is 10.8. The summed E-state index contributed by atoms with van der Waals surface area (Å²) in [5.41, 5.74) is 2.87. The van der Waals surface area contributed by atoms with Crippen molar-refractivity contribution in [2.45, 2.75) is 66.7 Å². The summed E-state index contributed by atoms with van der Waals surface area (Å²) in [6.07, 6.45) is 5.67. The molecule has 0 saturated carbocycles. The van der Waals surface area contributed by atoms with Crippen molar-refractivity contribution >= 4 is 23.9 Å². The van der Waals surface area contributed by atoms with Gasteiger partial charge in [-0.1, -0.05) is 84.6 Å². The monoisotopic (exact) mass is 876 g/mol. The number of esters is 4. The Labute approximate surface area is 381 Å². The highest BCUT2D eigenvalue weighted by molar-refractivity contribution is 5.94. The molecule has 0 N–H and O–H groups in total. The van der Waals surface area contributed by atoms with E-state index in [4.69, 9.17) is 28.4 Å². The highest BCUT2D eigenvalue weighted by atomic mass is 16.5. The van der Waals surface area contributed by atoms with E-state index in [1.54, 1.807) is 91.0 Å². The lowest BCUT2D eigenvalue weighted by Crippen LogP contribution is -2.10. The van der Waals surface area contributed by atoms with Crippen LogP contribution in [-0.4, -0.2) is 37.1 Å². The van der Waals surface area contributed by atoms with Crippen LogP contribution in [0.5, 0.6) is 34.5 Å². The van der Waals surface area contributed by atoms with Crippen molar-refractivity contribution in [3.8, 4) is 45.6 Å². The van der Waals surface area contributed by atoms with Crippen molar-refractivity contribution in [2.75, 3.05) is 13.2 Å². The summed E-state index contributed by atoms with van der Waals surface area (Å²) in [4.78, 5) is 51.5. The number of rotatable bonds is 21. The Bertz CT molecular complexity index is 2470. The van der Waals surface area contributed by atoms with Crippen molar-refractivity contribution < 1.29 is 47.6 Å². The summed E-state index contributed by atoms with van der Waals surface area (Å²) >= 11 is 0. The van der Waals surface area contributed by atoms with Gasteiger partial charge in [0, 0.05) is 0 Å². The van der Waals surface area contributed by atoms with E-state index in [9.17, 15) is 19.2 Å². The number of ether oxygens (including phenoxy) is 6. The second kappa shape index (κ2) is 23.5.